The molecule has 0 aromatic carbocycles. The molecule has 0 spiro atoms. The van der Waals surface area contributed by atoms with Crippen molar-refractivity contribution in [3.8, 4) is 0 Å². The Balaban J connectivity index is 2.07. The second-order valence-electron chi connectivity index (χ2n) is 2.53. The molecule has 2 fully saturated rings. The normalized spacial score (nSPS) is 31.6. The molecule has 1 amide bonds. The Hall–Kier alpha value is -0.510. The van der Waals surface area contributed by atoms with Crippen LogP contribution in [0.2, 0.25) is 0 Å². The molecule has 0 aliphatic carbocycles. The number of β-lactam (4-membered cyclic amide) rings is 1. The SMILES string of the molecule is O=C1CS[C@H]2CC(=O)N2C1. The molecular weight excluding hydrogens is 150 g/mol. The topological polar surface area (TPSA) is 37.4 Å². The largest absolute Gasteiger partial charge is 0.323 e. The lowest BCUT2D eigenvalue weighted by Gasteiger charge is -2.42. The van der Waals surface area contributed by atoms with Crippen LogP contribution in [0.4, 0.5) is 0 Å². The van der Waals surface area contributed by atoms with Gasteiger partial charge < -0.3 is 4.90 Å². The summed E-state index contributed by atoms with van der Waals surface area (Å²) < 4.78 is 0. The van der Waals surface area contributed by atoms with Crippen molar-refractivity contribution in [2.24, 2.45) is 0 Å². The number of rotatable bonds is 0. The molecule has 2 saturated heterocycles. The molecular formula is C6H7NO2S. The molecule has 0 aromatic rings. The lowest BCUT2D eigenvalue weighted by Crippen LogP contribution is -2.55. The second-order valence-corrected chi connectivity index (χ2v) is 3.70. The van der Waals surface area contributed by atoms with Gasteiger partial charge in [-0.1, -0.05) is 0 Å². The highest BCUT2D eigenvalue weighted by molar-refractivity contribution is 8.00. The molecule has 0 radical (unpaired) electrons. The predicted octanol–water partition coefficient (Wildman–Crippen LogP) is -0.139. The first-order valence-corrected chi connectivity index (χ1v) is 4.25. The fourth-order valence-corrected chi connectivity index (χ4v) is 2.29. The van der Waals surface area contributed by atoms with Crippen LogP contribution in [-0.4, -0.2) is 34.3 Å². The standard InChI is InChI=1S/C6H7NO2S/c8-4-2-7-5(9)1-6(7)10-3-4/h6H,1-3H2/t6-/m0/s1. The molecule has 0 unspecified atom stereocenters. The Kier molecular flexibility index (Phi) is 1.23. The predicted molar refractivity (Wildman–Crippen MR) is 37.6 cm³/mol. The maximum absolute atomic E-state index is 10.8. The molecule has 0 saturated carbocycles. The van der Waals surface area contributed by atoms with E-state index in [9.17, 15) is 9.59 Å². The molecule has 3 nitrogen and oxygen atoms in total. The Bertz CT molecular complexity index is 198. The van der Waals surface area contributed by atoms with Crippen LogP contribution in [0.3, 0.4) is 0 Å². The summed E-state index contributed by atoms with van der Waals surface area (Å²) in [6.45, 7) is 0.358. The van der Waals surface area contributed by atoms with E-state index in [0.29, 0.717) is 24.1 Å². The van der Waals surface area contributed by atoms with Crippen molar-refractivity contribution in [2.45, 2.75) is 11.8 Å². The average Bonchev–Trinajstić information content (AvgIpc) is 1.92. The lowest BCUT2D eigenvalue weighted by atomic mass is 10.2. The minimum Gasteiger partial charge on any atom is -0.323 e. The number of carbonyl (C=O) groups is 2. The van der Waals surface area contributed by atoms with Crippen LogP contribution in [0.25, 0.3) is 0 Å². The van der Waals surface area contributed by atoms with Crippen LogP contribution < -0.4 is 0 Å². The summed E-state index contributed by atoms with van der Waals surface area (Å²) in [7, 11) is 0. The van der Waals surface area contributed by atoms with Crippen molar-refractivity contribution >= 4 is 23.5 Å². The van der Waals surface area contributed by atoms with Crippen LogP contribution in [0.1, 0.15) is 6.42 Å². The minimum atomic E-state index is 0.130. The summed E-state index contributed by atoms with van der Waals surface area (Å²) in [5.41, 5.74) is 0. The summed E-state index contributed by atoms with van der Waals surface area (Å²) in [4.78, 5) is 23.2. The quantitative estimate of drug-likeness (QED) is 0.459. The first kappa shape index (κ1) is 6.22. The van der Waals surface area contributed by atoms with E-state index in [-0.39, 0.29) is 11.7 Å². The molecule has 0 bridgehead atoms. The number of nitrogens with zero attached hydrogens (tertiary/aromatic N) is 1. The van der Waals surface area contributed by atoms with E-state index in [4.69, 9.17) is 0 Å². The highest BCUT2D eigenvalue weighted by Crippen LogP contribution is 2.32. The van der Waals surface area contributed by atoms with E-state index in [1.54, 1.807) is 16.7 Å². The Morgan fingerprint density at radius 2 is 2.30 bits per heavy atom. The van der Waals surface area contributed by atoms with Gasteiger partial charge in [-0.25, -0.2) is 0 Å². The number of carbonyl (C=O) groups excluding carboxylic acids is 2. The van der Waals surface area contributed by atoms with Crippen LogP contribution in [0, 0.1) is 0 Å². The van der Waals surface area contributed by atoms with Crippen LogP contribution in [-0.2, 0) is 9.59 Å². The molecule has 2 aliphatic rings. The summed E-state index contributed by atoms with van der Waals surface area (Å²) in [6, 6.07) is 0. The van der Waals surface area contributed by atoms with Gasteiger partial charge in [-0.05, 0) is 0 Å². The Labute approximate surface area is 62.8 Å². The van der Waals surface area contributed by atoms with Crippen molar-refractivity contribution in [3.63, 3.8) is 0 Å². The van der Waals surface area contributed by atoms with Crippen molar-refractivity contribution in [1.82, 2.24) is 4.90 Å². The number of ketones is 1. The van der Waals surface area contributed by atoms with Crippen LogP contribution in [0.15, 0.2) is 0 Å². The molecule has 54 valence electrons. The fourth-order valence-electron chi connectivity index (χ4n) is 1.19. The third-order valence-electron chi connectivity index (χ3n) is 1.80. The van der Waals surface area contributed by atoms with E-state index in [2.05, 4.69) is 0 Å². The van der Waals surface area contributed by atoms with Crippen molar-refractivity contribution < 1.29 is 9.59 Å². The van der Waals surface area contributed by atoms with Crippen molar-refractivity contribution in [1.29, 1.82) is 0 Å². The number of hydrogen-bond donors (Lipinski definition) is 0. The second kappa shape index (κ2) is 1.99. The van der Waals surface area contributed by atoms with Gasteiger partial charge in [0.05, 0.1) is 24.1 Å². The fraction of sp³-hybridized carbons (Fsp3) is 0.667. The number of thioether (sulfide) groups is 1. The smallest absolute Gasteiger partial charge is 0.226 e. The molecule has 2 heterocycles. The Morgan fingerprint density at radius 1 is 1.50 bits per heavy atom. The van der Waals surface area contributed by atoms with Gasteiger partial charge in [0.25, 0.3) is 0 Å². The third kappa shape index (κ3) is 0.751. The van der Waals surface area contributed by atoms with Crippen molar-refractivity contribution in [3.05, 3.63) is 0 Å². The van der Waals surface area contributed by atoms with Gasteiger partial charge >= 0.3 is 0 Å². The minimum absolute atomic E-state index is 0.130. The summed E-state index contributed by atoms with van der Waals surface area (Å²) >= 11 is 1.58. The molecule has 4 heteroatoms. The van der Waals surface area contributed by atoms with Crippen LogP contribution in [0.5, 0.6) is 0 Å². The number of fused-ring (bicyclic) bond motifs is 1. The van der Waals surface area contributed by atoms with Gasteiger partial charge in [0, 0.05) is 0 Å². The average molecular weight is 157 g/mol. The first-order chi connectivity index (χ1) is 4.77. The lowest BCUT2D eigenvalue weighted by molar-refractivity contribution is -0.145. The number of Topliss-reactive ketones (excluding diaryl/α,β-unsaturated/α-hetero) is 1. The molecule has 1 atom stereocenters. The van der Waals surface area contributed by atoms with Gasteiger partial charge in [0.15, 0.2) is 5.78 Å². The molecule has 0 aromatic heterocycles. The van der Waals surface area contributed by atoms with Gasteiger partial charge in [-0.15, -0.1) is 11.8 Å². The number of amides is 1. The van der Waals surface area contributed by atoms with E-state index < -0.39 is 0 Å². The zero-order valence-corrected chi connectivity index (χ0v) is 6.19. The zero-order valence-electron chi connectivity index (χ0n) is 5.37. The zero-order chi connectivity index (χ0) is 7.14. The summed E-state index contributed by atoms with van der Waals surface area (Å²) in [5.74, 6) is 0.897. The van der Waals surface area contributed by atoms with E-state index in [0.717, 1.165) is 0 Å². The summed E-state index contributed by atoms with van der Waals surface area (Å²) in [5, 5.41) is 0.324. The summed E-state index contributed by atoms with van der Waals surface area (Å²) in [6.07, 6.45) is 0.637. The van der Waals surface area contributed by atoms with E-state index in [1.807, 2.05) is 0 Å². The van der Waals surface area contributed by atoms with Gasteiger partial charge in [0.1, 0.15) is 0 Å². The van der Waals surface area contributed by atoms with Gasteiger partial charge in [0.2, 0.25) is 5.91 Å². The highest BCUT2D eigenvalue weighted by Gasteiger charge is 2.40. The van der Waals surface area contributed by atoms with E-state index in [1.165, 1.54) is 0 Å². The monoisotopic (exact) mass is 157 g/mol. The van der Waals surface area contributed by atoms with Gasteiger partial charge in [-0.3, -0.25) is 9.59 Å². The Morgan fingerprint density at radius 3 is 2.90 bits per heavy atom. The maximum atomic E-state index is 10.8. The third-order valence-corrected chi connectivity index (χ3v) is 3.10. The van der Waals surface area contributed by atoms with Crippen LogP contribution >= 0.6 is 11.8 Å². The molecule has 0 N–H and O–H groups in total. The maximum Gasteiger partial charge on any atom is 0.226 e. The number of hydrogen-bond acceptors (Lipinski definition) is 3. The van der Waals surface area contributed by atoms with Gasteiger partial charge in [-0.2, -0.15) is 0 Å². The van der Waals surface area contributed by atoms with E-state index >= 15 is 0 Å². The van der Waals surface area contributed by atoms with Crippen molar-refractivity contribution in [2.75, 3.05) is 12.3 Å². The molecule has 2 rings (SSSR count). The first-order valence-electron chi connectivity index (χ1n) is 3.20. The molecule has 10 heavy (non-hydrogen) atoms. The highest BCUT2D eigenvalue weighted by atomic mass is 32.2. The molecule has 2 aliphatic heterocycles.